The Hall–Kier alpha value is -1.94. The van der Waals surface area contributed by atoms with Crippen LogP contribution in [0.3, 0.4) is 0 Å². The highest BCUT2D eigenvalue weighted by Crippen LogP contribution is 2.37. The quantitative estimate of drug-likeness (QED) is 0.585. The number of nitrogens with zero attached hydrogens (tertiary/aromatic N) is 1. The third kappa shape index (κ3) is 5.27. The lowest BCUT2D eigenvalue weighted by Crippen LogP contribution is -2.27. The fourth-order valence-corrected chi connectivity index (χ4v) is 4.29. The van der Waals surface area contributed by atoms with Crippen molar-refractivity contribution in [1.82, 2.24) is 5.43 Å². The van der Waals surface area contributed by atoms with Gasteiger partial charge in [0.2, 0.25) is 5.91 Å². The van der Waals surface area contributed by atoms with Crippen LogP contribution in [0.4, 0.5) is 8.78 Å². The zero-order valence-corrected chi connectivity index (χ0v) is 14.6. The Balaban J connectivity index is 2.06. The number of hydrogen-bond acceptors (Lipinski definition) is 6. The van der Waals surface area contributed by atoms with Crippen LogP contribution in [0, 0.1) is 5.92 Å². The van der Waals surface area contributed by atoms with Crippen molar-refractivity contribution < 1.29 is 31.5 Å². The van der Waals surface area contributed by atoms with E-state index in [0.717, 1.165) is 0 Å². The summed E-state index contributed by atoms with van der Waals surface area (Å²) in [6.07, 6.45) is 1.48. The number of halogens is 3. The van der Waals surface area contributed by atoms with Crippen LogP contribution < -0.4 is 14.9 Å². The number of methoxy groups -OCH3 is 1. The highest BCUT2D eigenvalue weighted by atomic mass is 35.5. The number of nitrogens with one attached hydrogen (secondary N) is 1. The highest BCUT2D eigenvalue weighted by molar-refractivity contribution is 7.91. The van der Waals surface area contributed by atoms with Crippen molar-refractivity contribution in [2.75, 3.05) is 18.6 Å². The summed E-state index contributed by atoms with van der Waals surface area (Å²) in [5.74, 6) is -1.70. The number of amides is 1. The number of alkyl halides is 2. The van der Waals surface area contributed by atoms with E-state index in [1.54, 1.807) is 0 Å². The molecule has 1 N–H and O–H groups in total. The monoisotopic (exact) mass is 396 g/mol. The lowest BCUT2D eigenvalue weighted by atomic mass is 10.1. The van der Waals surface area contributed by atoms with E-state index >= 15 is 0 Å². The van der Waals surface area contributed by atoms with E-state index in [1.165, 1.54) is 25.5 Å². The molecule has 0 aromatic heterocycles. The molecular formula is C14H15ClF2N2O5S. The number of hydrogen-bond donors (Lipinski definition) is 1. The highest BCUT2D eigenvalue weighted by Gasteiger charge is 2.32. The Morgan fingerprint density at radius 2 is 2.20 bits per heavy atom. The molecule has 7 nitrogen and oxygen atoms in total. The molecule has 0 saturated carbocycles. The van der Waals surface area contributed by atoms with Gasteiger partial charge in [0.1, 0.15) is 0 Å². The maximum absolute atomic E-state index is 12.4. The maximum atomic E-state index is 12.4. The van der Waals surface area contributed by atoms with Crippen LogP contribution in [0.1, 0.15) is 12.0 Å². The van der Waals surface area contributed by atoms with Gasteiger partial charge in [0, 0.05) is 0 Å². The van der Waals surface area contributed by atoms with Gasteiger partial charge in [0.25, 0.3) is 0 Å². The zero-order chi connectivity index (χ0) is 18.6. The molecule has 0 radical (unpaired) electrons. The minimum Gasteiger partial charge on any atom is -0.493 e. The van der Waals surface area contributed by atoms with E-state index in [0.29, 0.717) is 5.56 Å². The maximum Gasteiger partial charge on any atom is 0.387 e. The van der Waals surface area contributed by atoms with Crippen LogP contribution in [0.25, 0.3) is 0 Å². The van der Waals surface area contributed by atoms with Gasteiger partial charge in [-0.1, -0.05) is 11.6 Å². The van der Waals surface area contributed by atoms with Crippen molar-refractivity contribution in [2.24, 2.45) is 11.0 Å². The normalized spacial score (nSPS) is 19.3. The topological polar surface area (TPSA) is 94.1 Å². The SMILES string of the molecule is COc1cc(/C=N\NC(=O)[C@@H]2CCS(=O)(=O)C2)cc(Cl)c1OC(F)F. The fourth-order valence-electron chi connectivity index (χ4n) is 2.28. The molecule has 25 heavy (non-hydrogen) atoms. The van der Waals surface area contributed by atoms with Crippen molar-refractivity contribution >= 4 is 33.6 Å². The van der Waals surface area contributed by atoms with Crippen molar-refractivity contribution in [1.29, 1.82) is 0 Å². The molecular weight excluding hydrogens is 382 g/mol. The van der Waals surface area contributed by atoms with E-state index in [2.05, 4.69) is 15.3 Å². The van der Waals surface area contributed by atoms with Gasteiger partial charge in [-0.15, -0.1) is 0 Å². The lowest BCUT2D eigenvalue weighted by Gasteiger charge is -2.12. The van der Waals surface area contributed by atoms with Crippen molar-refractivity contribution in [2.45, 2.75) is 13.0 Å². The van der Waals surface area contributed by atoms with Gasteiger partial charge in [-0.25, -0.2) is 13.8 Å². The van der Waals surface area contributed by atoms with Crippen LogP contribution in [0.15, 0.2) is 17.2 Å². The molecule has 0 spiro atoms. The average molecular weight is 397 g/mol. The van der Waals surface area contributed by atoms with Crippen LogP contribution in [0.2, 0.25) is 5.02 Å². The minimum absolute atomic E-state index is 0.0206. The number of carbonyl (C=O) groups is 1. The minimum atomic E-state index is -3.17. The summed E-state index contributed by atoms with van der Waals surface area (Å²) in [4.78, 5) is 11.8. The molecule has 2 rings (SSSR count). The summed E-state index contributed by atoms with van der Waals surface area (Å²) in [6, 6.07) is 2.65. The van der Waals surface area contributed by atoms with Crippen molar-refractivity contribution in [3.8, 4) is 11.5 Å². The first-order valence-corrected chi connectivity index (χ1v) is 9.27. The predicted octanol–water partition coefficient (Wildman–Crippen LogP) is 1.83. The fraction of sp³-hybridized carbons (Fsp3) is 0.429. The van der Waals surface area contributed by atoms with Gasteiger partial charge in [0.15, 0.2) is 21.3 Å². The second-order valence-corrected chi connectivity index (χ2v) is 7.88. The summed E-state index contributed by atoms with van der Waals surface area (Å²) < 4.78 is 56.6. The van der Waals surface area contributed by atoms with Crippen molar-refractivity contribution in [3.63, 3.8) is 0 Å². The lowest BCUT2D eigenvalue weighted by molar-refractivity contribution is -0.124. The molecule has 1 aromatic rings. The molecule has 1 aliphatic rings. The molecule has 0 unspecified atom stereocenters. The number of rotatable bonds is 6. The first-order valence-electron chi connectivity index (χ1n) is 7.07. The number of sulfone groups is 1. The second kappa shape index (κ2) is 7.96. The molecule has 1 atom stereocenters. The van der Waals surface area contributed by atoms with E-state index in [-0.39, 0.29) is 34.4 Å². The molecule has 1 fully saturated rings. The Kier molecular flexibility index (Phi) is 6.17. The van der Waals surface area contributed by atoms with Gasteiger partial charge in [-0.05, 0) is 24.1 Å². The molecule has 1 aromatic carbocycles. The molecule has 0 aliphatic carbocycles. The van der Waals surface area contributed by atoms with Crippen LogP contribution in [0.5, 0.6) is 11.5 Å². The number of ether oxygens (including phenoxy) is 2. The zero-order valence-electron chi connectivity index (χ0n) is 13.0. The third-order valence-electron chi connectivity index (χ3n) is 3.45. The van der Waals surface area contributed by atoms with Gasteiger partial charge >= 0.3 is 6.61 Å². The summed E-state index contributed by atoms with van der Waals surface area (Å²) in [5, 5.41) is 3.60. The summed E-state index contributed by atoms with van der Waals surface area (Å²) >= 11 is 5.88. The van der Waals surface area contributed by atoms with Gasteiger partial charge in [-0.3, -0.25) is 4.79 Å². The van der Waals surface area contributed by atoms with E-state index in [4.69, 9.17) is 16.3 Å². The molecule has 1 heterocycles. The van der Waals surface area contributed by atoms with Gasteiger partial charge in [0.05, 0.1) is 35.8 Å². The smallest absolute Gasteiger partial charge is 0.387 e. The van der Waals surface area contributed by atoms with E-state index < -0.39 is 28.3 Å². The molecule has 1 aliphatic heterocycles. The van der Waals surface area contributed by atoms with Crippen LogP contribution in [-0.4, -0.2) is 45.8 Å². The Morgan fingerprint density at radius 1 is 1.48 bits per heavy atom. The largest absolute Gasteiger partial charge is 0.493 e. The summed E-state index contributed by atoms with van der Waals surface area (Å²) in [6.45, 7) is -3.06. The summed E-state index contributed by atoms with van der Waals surface area (Å²) in [5.41, 5.74) is 2.61. The van der Waals surface area contributed by atoms with Gasteiger partial charge < -0.3 is 9.47 Å². The molecule has 11 heteroatoms. The van der Waals surface area contributed by atoms with Crippen LogP contribution >= 0.6 is 11.6 Å². The average Bonchev–Trinajstić information content (AvgIpc) is 2.89. The molecule has 1 amide bonds. The standard InChI is InChI=1S/C14H15ClF2N2O5S/c1-23-11-5-8(4-10(15)12(11)24-14(16)17)6-18-19-13(20)9-2-3-25(21,22)7-9/h4-6,9,14H,2-3,7H2,1H3,(H,19,20)/b18-6-/t9-/m1/s1. The third-order valence-corrected chi connectivity index (χ3v) is 5.50. The Morgan fingerprint density at radius 3 is 2.76 bits per heavy atom. The van der Waals surface area contributed by atoms with Gasteiger partial charge in [-0.2, -0.15) is 13.9 Å². The van der Waals surface area contributed by atoms with Crippen molar-refractivity contribution in [3.05, 3.63) is 22.7 Å². The summed E-state index contributed by atoms with van der Waals surface area (Å²) in [7, 11) is -1.91. The van der Waals surface area contributed by atoms with E-state index in [1.807, 2.05) is 0 Å². The number of carbonyl (C=O) groups excluding carboxylic acids is 1. The molecule has 1 saturated heterocycles. The Labute approximate surface area is 147 Å². The number of benzene rings is 1. The first-order chi connectivity index (χ1) is 11.7. The molecule has 138 valence electrons. The predicted molar refractivity (Wildman–Crippen MR) is 87.1 cm³/mol. The molecule has 0 bridgehead atoms. The number of hydrazone groups is 1. The first kappa shape index (κ1) is 19.4. The second-order valence-electron chi connectivity index (χ2n) is 5.25. The van der Waals surface area contributed by atoms with Crippen LogP contribution in [-0.2, 0) is 14.6 Å². The van der Waals surface area contributed by atoms with E-state index in [9.17, 15) is 22.0 Å². The Bertz CT molecular complexity index is 786.